The van der Waals surface area contributed by atoms with E-state index in [2.05, 4.69) is 5.10 Å². The van der Waals surface area contributed by atoms with Crippen LogP contribution in [0.15, 0.2) is 54.9 Å². The molecule has 0 saturated carbocycles. The fourth-order valence-electron chi connectivity index (χ4n) is 3.32. The monoisotopic (exact) mass is 364 g/mol. The summed E-state index contributed by atoms with van der Waals surface area (Å²) < 4.78 is 6.88. The lowest BCUT2D eigenvalue weighted by Gasteiger charge is -2.34. The fraction of sp³-hybridized carbons (Fsp3) is 0.250. The van der Waals surface area contributed by atoms with Gasteiger partial charge in [-0.15, -0.1) is 0 Å². The lowest BCUT2D eigenvalue weighted by atomic mass is 10.1. The second kappa shape index (κ2) is 7.11. The van der Waals surface area contributed by atoms with E-state index in [1.165, 1.54) is 0 Å². The molecule has 1 fully saturated rings. The molecule has 138 valence electrons. The lowest BCUT2D eigenvalue weighted by Crippen LogP contribution is -2.50. The second-order valence-electron chi connectivity index (χ2n) is 6.41. The molecule has 1 aliphatic rings. The molecule has 3 heterocycles. The Hall–Kier alpha value is -3.35. The summed E-state index contributed by atoms with van der Waals surface area (Å²) in [6, 6.07) is 12.8. The van der Waals surface area contributed by atoms with E-state index in [9.17, 15) is 9.59 Å². The number of carbonyl (C=O) groups excluding carboxylic acids is 2. The first-order chi connectivity index (χ1) is 13.2. The summed E-state index contributed by atoms with van der Waals surface area (Å²) in [6.45, 7) is 2.00. The highest BCUT2D eigenvalue weighted by Crippen LogP contribution is 2.17. The number of nitrogens with zero attached hydrogens (tertiary/aromatic N) is 4. The Morgan fingerprint density at radius 2 is 1.70 bits per heavy atom. The number of amides is 2. The van der Waals surface area contributed by atoms with E-state index in [1.807, 2.05) is 30.5 Å². The molecular weight excluding hydrogens is 344 g/mol. The lowest BCUT2D eigenvalue weighted by molar-refractivity contribution is 0.0536. The van der Waals surface area contributed by atoms with Gasteiger partial charge < -0.3 is 14.5 Å². The number of piperazine rings is 1. The van der Waals surface area contributed by atoms with E-state index in [-0.39, 0.29) is 11.8 Å². The average molecular weight is 364 g/mol. The largest absolute Gasteiger partial charge is 0.497 e. The van der Waals surface area contributed by atoms with Crippen molar-refractivity contribution in [2.24, 2.45) is 0 Å². The molecule has 27 heavy (non-hydrogen) atoms. The molecule has 2 amide bonds. The number of benzene rings is 1. The van der Waals surface area contributed by atoms with Crippen molar-refractivity contribution in [1.29, 1.82) is 0 Å². The molecule has 1 saturated heterocycles. The van der Waals surface area contributed by atoms with Crippen molar-refractivity contribution in [1.82, 2.24) is 19.4 Å². The minimum Gasteiger partial charge on any atom is -0.497 e. The Balaban J connectivity index is 1.44. The van der Waals surface area contributed by atoms with E-state index in [0.717, 1.165) is 5.52 Å². The first-order valence-electron chi connectivity index (χ1n) is 8.82. The summed E-state index contributed by atoms with van der Waals surface area (Å²) in [6.07, 6.45) is 3.42. The van der Waals surface area contributed by atoms with Gasteiger partial charge >= 0.3 is 0 Å². The zero-order valence-corrected chi connectivity index (χ0v) is 15.0. The second-order valence-corrected chi connectivity index (χ2v) is 6.41. The van der Waals surface area contributed by atoms with E-state index < -0.39 is 0 Å². The Kier molecular flexibility index (Phi) is 4.50. The highest BCUT2D eigenvalue weighted by atomic mass is 16.5. The zero-order valence-electron chi connectivity index (χ0n) is 15.0. The van der Waals surface area contributed by atoms with Gasteiger partial charge in [-0.3, -0.25) is 9.59 Å². The molecule has 7 nitrogen and oxygen atoms in total. The Morgan fingerprint density at radius 3 is 2.44 bits per heavy atom. The van der Waals surface area contributed by atoms with Gasteiger partial charge in [0.05, 0.1) is 24.4 Å². The third-order valence-electron chi connectivity index (χ3n) is 4.83. The van der Waals surface area contributed by atoms with Crippen LogP contribution in [-0.2, 0) is 0 Å². The van der Waals surface area contributed by atoms with Gasteiger partial charge in [-0.05, 0) is 30.3 Å². The predicted molar refractivity (Wildman–Crippen MR) is 100.0 cm³/mol. The van der Waals surface area contributed by atoms with Gasteiger partial charge in [0.2, 0.25) is 0 Å². The minimum atomic E-state index is -0.0512. The summed E-state index contributed by atoms with van der Waals surface area (Å²) in [4.78, 5) is 29.1. The molecule has 2 aromatic heterocycles. The van der Waals surface area contributed by atoms with Crippen molar-refractivity contribution in [2.45, 2.75) is 0 Å². The normalized spacial score (nSPS) is 14.4. The van der Waals surface area contributed by atoms with Gasteiger partial charge in [-0.1, -0.05) is 12.1 Å². The van der Waals surface area contributed by atoms with Crippen LogP contribution in [0, 0.1) is 0 Å². The highest BCUT2D eigenvalue weighted by Gasteiger charge is 2.27. The standard InChI is InChI=1S/C20H20N4O3/c1-27-16-6-4-5-15(13-16)19(25)22-9-11-23(12-10-22)20(26)17-14-21-24-8-3-2-7-18(17)24/h2-8,13-14H,9-12H2,1H3. The third-order valence-corrected chi connectivity index (χ3v) is 4.83. The number of aromatic nitrogens is 2. The first kappa shape index (κ1) is 17.1. The molecule has 0 atom stereocenters. The number of fused-ring (bicyclic) bond motifs is 1. The molecule has 1 aliphatic heterocycles. The maximum absolute atomic E-state index is 12.9. The summed E-state index contributed by atoms with van der Waals surface area (Å²) in [7, 11) is 1.58. The number of rotatable bonds is 3. The number of methoxy groups -OCH3 is 1. The molecular formula is C20H20N4O3. The van der Waals surface area contributed by atoms with Crippen LogP contribution in [0.25, 0.3) is 5.52 Å². The zero-order chi connectivity index (χ0) is 18.8. The molecule has 0 bridgehead atoms. The molecule has 7 heteroatoms. The van der Waals surface area contributed by atoms with Crippen molar-refractivity contribution in [3.8, 4) is 5.75 Å². The van der Waals surface area contributed by atoms with Crippen LogP contribution in [0.4, 0.5) is 0 Å². The predicted octanol–water partition coefficient (Wildman–Crippen LogP) is 1.94. The van der Waals surface area contributed by atoms with Crippen molar-refractivity contribution in [3.63, 3.8) is 0 Å². The Morgan fingerprint density at radius 1 is 0.963 bits per heavy atom. The number of hydrogen-bond acceptors (Lipinski definition) is 4. The summed E-state index contributed by atoms with van der Waals surface area (Å²) in [5.74, 6) is 0.560. The Labute approximate surface area is 156 Å². The highest BCUT2D eigenvalue weighted by molar-refractivity contribution is 6.01. The quantitative estimate of drug-likeness (QED) is 0.712. The molecule has 0 radical (unpaired) electrons. The fourth-order valence-corrected chi connectivity index (χ4v) is 3.32. The number of ether oxygens (including phenoxy) is 1. The van der Waals surface area contributed by atoms with E-state index in [4.69, 9.17) is 4.74 Å². The summed E-state index contributed by atoms with van der Waals surface area (Å²) >= 11 is 0. The van der Waals surface area contributed by atoms with E-state index in [1.54, 1.807) is 45.8 Å². The Bertz CT molecular complexity index is 990. The van der Waals surface area contributed by atoms with Gasteiger partial charge in [0.15, 0.2) is 0 Å². The third kappa shape index (κ3) is 3.23. The maximum atomic E-state index is 12.9. The van der Waals surface area contributed by atoms with Gasteiger partial charge in [-0.2, -0.15) is 5.10 Å². The first-order valence-corrected chi connectivity index (χ1v) is 8.82. The van der Waals surface area contributed by atoms with Crippen molar-refractivity contribution < 1.29 is 14.3 Å². The van der Waals surface area contributed by atoms with Gasteiger partial charge in [0, 0.05) is 37.9 Å². The van der Waals surface area contributed by atoms with Gasteiger partial charge in [0.25, 0.3) is 11.8 Å². The maximum Gasteiger partial charge on any atom is 0.257 e. The van der Waals surface area contributed by atoms with Crippen LogP contribution in [0.2, 0.25) is 0 Å². The van der Waals surface area contributed by atoms with Gasteiger partial charge in [0.1, 0.15) is 5.75 Å². The van der Waals surface area contributed by atoms with E-state index >= 15 is 0 Å². The average Bonchev–Trinajstić information content (AvgIpc) is 3.17. The molecule has 1 aromatic carbocycles. The van der Waals surface area contributed by atoms with Crippen LogP contribution in [-0.4, -0.2) is 64.5 Å². The minimum absolute atomic E-state index is 0.0445. The molecule has 3 aromatic rings. The van der Waals surface area contributed by atoms with Crippen LogP contribution < -0.4 is 4.74 Å². The molecule has 0 aliphatic carbocycles. The SMILES string of the molecule is COc1cccc(C(=O)N2CCN(C(=O)c3cnn4ccccc34)CC2)c1. The summed E-state index contributed by atoms with van der Waals surface area (Å²) in [5.41, 5.74) is 1.97. The molecule has 0 spiro atoms. The molecule has 0 N–H and O–H groups in total. The van der Waals surface area contributed by atoms with Crippen molar-refractivity contribution >= 4 is 17.3 Å². The van der Waals surface area contributed by atoms with Crippen molar-refractivity contribution in [3.05, 3.63) is 66.0 Å². The van der Waals surface area contributed by atoms with E-state index in [0.29, 0.717) is 43.1 Å². The smallest absolute Gasteiger partial charge is 0.257 e. The van der Waals surface area contributed by atoms with Crippen LogP contribution in [0.5, 0.6) is 5.75 Å². The number of hydrogen-bond donors (Lipinski definition) is 0. The van der Waals surface area contributed by atoms with Crippen molar-refractivity contribution in [2.75, 3.05) is 33.3 Å². The van der Waals surface area contributed by atoms with Crippen LogP contribution >= 0.6 is 0 Å². The molecule has 4 rings (SSSR count). The summed E-state index contributed by atoms with van der Waals surface area (Å²) in [5, 5.41) is 4.23. The van der Waals surface area contributed by atoms with Crippen LogP contribution in [0.1, 0.15) is 20.7 Å². The number of carbonyl (C=O) groups is 2. The van der Waals surface area contributed by atoms with Crippen LogP contribution in [0.3, 0.4) is 0 Å². The topological polar surface area (TPSA) is 67.2 Å². The van der Waals surface area contributed by atoms with Gasteiger partial charge in [-0.25, -0.2) is 4.52 Å². The molecule has 0 unspecified atom stereocenters. The number of pyridine rings is 1.